The number of thiophene rings is 4. The molecule has 0 fully saturated rings. The maximum atomic E-state index is 15.8. The van der Waals surface area contributed by atoms with E-state index in [1.54, 1.807) is 22.7 Å². The Morgan fingerprint density at radius 2 is 1.10 bits per heavy atom. The Hall–Kier alpha value is -2.91. The average molecular weight is 775 g/mol. The van der Waals surface area contributed by atoms with Crippen LogP contribution in [0.2, 0.25) is 0 Å². The largest absolute Gasteiger partial charge is 0.492 e. The van der Waals surface area contributed by atoms with Crippen molar-refractivity contribution in [2.75, 3.05) is 19.8 Å². The fourth-order valence-electron chi connectivity index (χ4n) is 7.37. The first-order valence-corrected chi connectivity index (χ1v) is 22.7. The smallest absolute Gasteiger partial charge is 0.211 e. The molecule has 7 rings (SSSR count). The van der Waals surface area contributed by atoms with Gasteiger partial charge in [-0.2, -0.15) is 0 Å². The first kappa shape index (κ1) is 37.4. The van der Waals surface area contributed by atoms with E-state index >= 15 is 4.39 Å². The second-order valence-electron chi connectivity index (χ2n) is 14.1. The molecule has 0 bridgehead atoms. The molecule has 0 saturated carbocycles. The summed E-state index contributed by atoms with van der Waals surface area (Å²) in [6.07, 6.45) is 14.6. The summed E-state index contributed by atoms with van der Waals surface area (Å²) in [5.74, 6) is 1.67. The minimum atomic E-state index is -0.235. The first-order chi connectivity index (χ1) is 25.4. The van der Waals surface area contributed by atoms with Gasteiger partial charge < -0.3 is 14.2 Å². The summed E-state index contributed by atoms with van der Waals surface area (Å²) < 4.78 is 38.6. The van der Waals surface area contributed by atoms with Crippen LogP contribution < -0.4 is 14.2 Å². The number of rotatable bonds is 19. The van der Waals surface area contributed by atoms with Gasteiger partial charge in [-0.15, -0.1) is 34.0 Å². The molecule has 0 radical (unpaired) electrons. The molecule has 0 aliphatic rings. The Morgan fingerprint density at radius 1 is 0.558 bits per heavy atom. The van der Waals surface area contributed by atoms with Gasteiger partial charge in [0.15, 0.2) is 5.82 Å². The monoisotopic (exact) mass is 774 g/mol. The van der Waals surface area contributed by atoms with E-state index < -0.39 is 0 Å². The molecule has 0 spiro atoms. The molecule has 0 aliphatic carbocycles. The predicted octanol–water partition coefficient (Wildman–Crippen LogP) is 16.0. The maximum absolute atomic E-state index is 15.8. The summed E-state index contributed by atoms with van der Waals surface area (Å²) in [4.78, 5) is 4.50. The summed E-state index contributed by atoms with van der Waals surface area (Å²) in [6, 6.07) is 13.8. The van der Waals surface area contributed by atoms with Crippen LogP contribution in [0.15, 0.2) is 36.4 Å². The van der Waals surface area contributed by atoms with Crippen LogP contribution >= 0.6 is 45.3 Å². The summed E-state index contributed by atoms with van der Waals surface area (Å²) >= 11 is 6.67. The lowest BCUT2D eigenvalue weighted by Crippen LogP contribution is -2.02. The molecule has 0 N–H and O–H groups in total. The van der Waals surface area contributed by atoms with Crippen molar-refractivity contribution in [3.63, 3.8) is 0 Å². The van der Waals surface area contributed by atoms with Gasteiger partial charge in [0.2, 0.25) is 5.06 Å². The van der Waals surface area contributed by atoms with Crippen LogP contribution in [-0.4, -0.2) is 19.8 Å². The molecular weight excluding hydrogens is 724 g/mol. The first-order valence-electron chi connectivity index (χ1n) is 19.4. The number of fused-ring (bicyclic) bond motifs is 5. The highest BCUT2D eigenvalue weighted by Crippen LogP contribution is 2.52. The van der Waals surface area contributed by atoms with Crippen LogP contribution in [0.1, 0.15) is 108 Å². The second kappa shape index (κ2) is 17.0. The molecule has 4 heterocycles. The van der Waals surface area contributed by atoms with Gasteiger partial charge >= 0.3 is 0 Å². The van der Waals surface area contributed by atoms with Gasteiger partial charge in [-0.3, -0.25) is 0 Å². The number of hydrogen-bond donors (Lipinski definition) is 0. The molecule has 0 amide bonds. The Bertz CT molecular complexity index is 2190. The SMILES string of the molecule is CCCCCCCCOc1c2cc3cc(-c4sc(C)c5sc(OCC)c(F)c45)sc3cc2c(OCCCCCCCC)c2cc3cc(C)sc3cc12. The van der Waals surface area contributed by atoms with Gasteiger partial charge in [0.1, 0.15) is 11.5 Å². The third-order valence-electron chi connectivity index (χ3n) is 10.0. The van der Waals surface area contributed by atoms with Crippen molar-refractivity contribution in [1.29, 1.82) is 0 Å². The van der Waals surface area contributed by atoms with E-state index in [4.69, 9.17) is 14.2 Å². The van der Waals surface area contributed by atoms with Crippen molar-refractivity contribution in [2.45, 2.75) is 112 Å². The molecular formula is C44H51FO3S4. The number of hydrogen-bond acceptors (Lipinski definition) is 7. The molecule has 0 aliphatic heterocycles. The molecule has 3 aromatic carbocycles. The molecule has 7 aromatic rings. The zero-order valence-electron chi connectivity index (χ0n) is 31.3. The van der Waals surface area contributed by atoms with E-state index in [0.29, 0.717) is 30.3 Å². The Morgan fingerprint density at radius 3 is 1.69 bits per heavy atom. The molecule has 0 saturated heterocycles. The average Bonchev–Trinajstić information content (AvgIpc) is 3.89. The highest BCUT2D eigenvalue weighted by Gasteiger charge is 2.24. The third-order valence-corrected chi connectivity index (χ3v) is 14.7. The summed E-state index contributed by atoms with van der Waals surface area (Å²) in [5, 5.41) is 7.91. The van der Waals surface area contributed by atoms with Crippen molar-refractivity contribution in [1.82, 2.24) is 0 Å². The lowest BCUT2D eigenvalue weighted by atomic mass is 9.98. The van der Waals surface area contributed by atoms with Gasteiger partial charge in [0.05, 0.1) is 34.8 Å². The van der Waals surface area contributed by atoms with E-state index in [-0.39, 0.29) is 5.82 Å². The second-order valence-corrected chi connectivity index (χ2v) is 18.6. The summed E-state index contributed by atoms with van der Waals surface area (Å²) in [6.45, 7) is 12.5. The van der Waals surface area contributed by atoms with Gasteiger partial charge in [-0.1, -0.05) is 89.4 Å². The van der Waals surface area contributed by atoms with Crippen LogP contribution in [0.25, 0.3) is 61.6 Å². The van der Waals surface area contributed by atoms with Crippen LogP contribution in [0.3, 0.4) is 0 Å². The predicted molar refractivity (Wildman–Crippen MR) is 229 cm³/mol. The Labute approximate surface area is 323 Å². The van der Waals surface area contributed by atoms with E-state index in [2.05, 4.69) is 64.1 Å². The Balaban J connectivity index is 1.35. The zero-order valence-corrected chi connectivity index (χ0v) is 34.6. The number of halogens is 1. The van der Waals surface area contributed by atoms with Gasteiger partial charge in [0.25, 0.3) is 0 Å². The lowest BCUT2D eigenvalue weighted by Gasteiger charge is -2.19. The van der Waals surface area contributed by atoms with Gasteiger partial charge in [-0.05, 0) is 80.8 Å². The summed E-state index contributed by atoms with van der Waals surface area (Å²) in [7, 11) is 0. The van der Waals surface area contributed by atoms with Crippen molar-refractivity contribution < 1.29 is 18.6 Å². The molecule has 3 nitrogen and oxygen atoms in total. The zero-order chi connectivity index (χ0) is 36.2. The fraction of sp³-hybridized carbons (Fsp3) is 0.455. The minimum Gasteiger partial charge on any atom is -0.492 e. The lowest BCUT2D eigenvalue weighted by molar-refractivity contribution is 0.306. The molecule has 4 aromatic heterocycles. The Kier molecular flexibility index (Phi) is 12.3. The molecule has 8 heteroatoms. The normalized spacial score (nSPS) is 12.0. The summed E-state index contributed by atoms with van der Waals surface area (Å²) in [5.41, 5.74) is 0. The minimum absolute atomic E-state index is 0.235. The van der Waals surface area contributed by atoms with Crippen LogP contribution in [0.5, 0.6) is 16.6 Å². The van der Waals surface area contributed by atoms with Crippen molar-refractivity contribution in [2.24, 2.45) is 0 Å². The number of benzene rings is 3. The van der Waals surface area contributed by atoms with Crippen LogP contribution in [-0.2, 0) is 0 Å². The van der Waals surface area contributed by atoms with E-state index in [0.717, 1.165) is 70.6 Å². The molecule has 276 valence electrons. The number of unbranched alkanes of at least 4 members (excludes halogenated alkanes) is 10. The standard InChI is InChI=1S/C44H51FO3S4/c1-6-9-11-13-15-17-19-47-40-31-22-29-21-27(4)49-35(29)25-33(31)41(48-20-18-16-14-12-10-7-2)32-23-30-24-37(51-36(30)26-34(32)40)43-38-39(45)44(46-8-3)52-42(38)28(5)50-43/h21-26H,6-20H2,1-5H3. The van der Waals surface area contributed by atoms with E-state index in [9.17, 15) is 0 Å². The maximum Gasteiger partial charge on any atom is 0.211 e. The van der Waals surface area contributed by atoms with Crippen molar-refractivity contribution in [3.8, 4) is 26.3 Å². The number of ether oxygens (including phenoxy) is 3. The van der Waals surface area contributed by atoms with E-state index in [1.807, 2.05) is 18.3 Å². The van der Waals surface area contributed by atoms with Crippen molar-refractivity contribution >= 4 is 97.2 Å². The topological polar surface area (TPSA) is 27.7 Å². The van der Waals surface area contributed by atoms with E-state index in [1.165, 1.54) is 95.2 Å². The van der Waals surface area contributed by atoms with Crippen LogP contribution in [0.4, 0.5) is 4.39 Å². The number of aryl methyl sites for hydroxylation is 2. The molecule has 0 atom stereocenters. The van der Waals surface area contributed by atoms with Crippen LogP contribution in [0, 0.1) is 19.7 Å². The van der Waals surface area contributed by atoms with Gasteiger partial charge in [0, 0.05) is 45.6 Å². The fourth-order valence-corrected chi connectivity index (χ4v) is 11.9. The third kappa shape index (κ3) is 7.69. The molecule has 52 heavy (non-hydrogen) atoms. The highest BCUT2D eigenvalue weighted by atomic mass is 32.1. The quantitative estimate of drug-likeness (QED) is 0.0605. The molecule has 0 unspecified atom stereocenters. The van der Waals surface area contributed by atoms with Crippen molar-refractivity contribution in [3.05, 3.63) is 52.0 Å². The highest BCUT2D eigenvalue weighted by molar-refractivity contribution is 7.30. The van der Waals surface area contributed by atoms with Gasteiger partial charge in [-0.25, -0.2) is 4.39 Å².